The van der Waals surface area contributed by atoms with Crippen LogP contribution in [0.4, 0.5) is 0 Å². The zero-order chi connectivity index (χ0) is 15.4. The summed E-state index contributed by atoms with van der Waals surface area (Å²) in [5, 5.41) is -0.0849. The summed E-state index contributed by atoms with van der Waals surface area (Å²) in [5.74, 6) is 0. The summed E-state index contributed by atoms with van der Waals surface area (Å²) in [7, 11) is 0. The van der Waals surface area contributed by atoms with Gasteiger partial charge in [0.15, 0.2) is 0 Å². The molecule has 0 aliphatic rings. The molecule has 2 aromatic rings. The lowest BCUT2D eigenvalue weighted by Gasteiger charge is -2.20. The van der Waals surface area contributed by atoms with Crippen molar-refractivity contribution in [3.8, 4) is 0 Å². The molecule has 0 aromatic heterocycles. The van der Waals surface area contributed by atoms with Gasteiger partial charge in [0.1, 0.15) is 0 Å². The number of alkyl halides is 1. The standard InChI is InChI=1S/C19H22BrCl/c1-4-13-10-14(5-2)18(15(6-3)11-13)19(21)16-8-7-9-17(20)12-16/h7-12,19H,4-6H2,1-3H3. The van der Waals surface area contributed by atoms with E-state index in [1.807, 2.05) is 12.1 Å². The number of rotatable bonds is 5. The highest BCUT2D eigenvalue weighted by molar-refractivity contribution is 9.10. The van der Waals surface area contributed by atoms with E-state index < -0.39 is 0 Å². The molecule has 2 rings (SSSR count). The van der Waals surface area contributed by atoms with Crippen LogP contribution in [0.1, 0.15) is 54.0 Å². The highest BCUT2D eigenvalue weighted by Gasteiger charge is 2.18. The highest BCUT2D eigenvalue weighted by Crippen LogP contribution is 2.36. The zero-order valence-electron chi connectivity index (χ0n) is 12.9. The molecule has 1 atom stereocenters. The quantitative estimate of drug-likeness (QED) is 0.533. The zero-order valence-corrected chi connectivity index (χ0v) is 15.3. The largest absolute Gasteiger partial charge is 0.113 e. The molecule has 0 radical (unpaired) electrons. The predicted octanol–water partition coefficient (Wildman–Crippen LogP) is 6.46. The van der Waals surface area contributed by atoms with Crippen LogP contribution in [0.2, 0.25) is 0 Å². The summed E-state index contributed by atoms with van der Waals surface area (Å²) in [6.45, 7) is 6.63. The van der Waals surface area contributed by atoms with Crippen molar-refractivity contribution >= 4 is 27.5 Å². The summed E-state index contributed by atoms with van der Waals surface area (Å²) < 4.78 is 1.08. The number of halogens is 2. The van der Waals surface area contributed by atoms with Crippen molar-refractivity contribution in [1.29, 1.82) is 0 Å². The minimum absolute atomic E-state index is 0.0849. The van der Waals surface area contributed by atoms with E-state index in [-0.39, 0.29) is 5.38 Å². The van der Waals surface area contributed by atoms with Crippen LogP contribution in [0.25, 0.3) is 0 Å². The van der Waals surface area contributed by atoms with Gasteiger partial charge in [0.05, 0.1) is 5.38 Å². The Hall–Kier alpha value is -0.790. The third kappa shape index (κ3) is 3.70. The van der Waals surface area contributed by atoms with Crippen LogP contribution in [0.3, 0.4) is 0 Å². The molecule has 0 heterocycles. The smallest absolute Gasteiger partial charge is 0.0841 e. The first-order valence-electron chi connectivity index (χ1n) is 7.64. The van der Waals surface area contributed by atoms with Crippen LogP contribution in [0, 0.1) is 0 Å². The minimum atomic E-state index is -0.0849. The van der Waals surface area contributed by atoms with Crippen molar-refractivity contribution in [1.82, 2.24) is 0 Å². The molecule has 1 unspecified atom stereocenters. The van der Waals surface area contributed by atoms with Crippen molar-refractivity contribution in [2.24, 2.45) is 0 Å². The van der Waals surface area contributed by atoms with Gasteiger partial charge in [0.2, 0.25) is 0 Å². The minimum Gasteiger partial charge on any atom is -0.113 e. The average Bonchev–Trinajstić information content (AvgIpc) is 2.52. The number of hydrogen-bond donors (Lipinski definition) is 0. The monoisotopic (exact) mass is 364 g/mol. The van der Waals surface area contributed by atoms with E-state index in [1.165, 1.54) is 22.3 Å². The molecule has 0 bridgehead atoms. The maximum absolute atomic E-state index is 6.85. The van der Waals surface area contributed by atoms with Gasteiger partial charge in [-0.1, -0.05) is 61.0 Å². The third-order valence-corrected chi connectivity index (χ3v) is 4.94. The molecule has 112 valence electrons. The summed E-state index contributed by atoms with van der Waals surface area (Å²) in [5.41, 5.74) is 6.62. The summed E-state index contributed by atoms with van der Waals surface area (Å²) in [6, 6.07) is 12.9. The fourth-order valence-corrected chi connectivity index (χ4v) is 3.63. The van der Waals surface area contributed by atoms with Crippen LogP contribution in [-0.4, -0.2) is 0 Å². The van der Waals surface area contributed by atoms with Crippen LogP contribution < -0.4 is 0 Å². The Morgan fingerprint density at radius 3 is 2.05 bits per heavy atom. The molecule has 21 heavy (non-hydrogen) atoms. The summed E-state index contributed by atoms with van der Waals surface area (Å²) in [4.78, 5) is 0. The molecule has 0 nitrogen and oxygen atoms in total. The SMILES string of the molecule is CCc1cc(CC)c(C(Cl)c2cccc(Br)c2)c(CC)c1. The Morgan fingerprint density at radius 1 is 0.952 bits per heavy atom. The van der Waals surface area contributed by atoms with Crippen molar-refractivity contribution in [3.63, 3.8) is 0 Å². The number of hydrogen-bond acceptors (Lipinski definition) is 0. The lowest BCUT2D eigenvalue weighted by molar-refractivity contribution is 0.963. The van der Waals surface area contributed by atoms with Crippen LogP contribution >= 0.6 is 27.5 Å². The second-order valence-corrected chi connectivity index (χ2v) is 6.66. The van der Waals surface area contributed by atoms with Gasteiger partial charge in [0.25, 0.3) is 0 Å². The second-order valence-electron chi connectivity index (χ2n) is 5.31. The average molecular weight is 366 g/mol. The van der Waals surface area contributed by atoms with Crippen molar-refractivity contribution in [2.45, 2.75) is 45.4 Å². The first-order valence-corrected chi connectivity index (χ1v) is 8.87. The van der Waals surface area contributed by atoms with E-state index in [1.54, 1.807) is 0 Å². The van der Waals surface area contributed by atoms with E-state index in [0.717, 1.165) is 29.3 Å². The summed E-state index contributed by atoms with van der Waals surface area (Å²) in [6.07, 6.45) is 3.12. The van der Waals surface area contributed by atoms with Gasteiger partial charge in [0, 0.05) is 4.47 Å². The topological polar surface area (TPSA) is 0 Å². The Labute approximate surface area is 141 Å². The maximum atomic E-state index is 6.85. The Kier molecular flexibility index (Phi) is 5.89. The molecule has 0 spiro atoms. The molecule has 0 saturated carbocycles. The fraction of sp³-hybridized carbons (Fsp3) is 0.368. The van der Waals surface area contributed by atoms with E-state index >= 15 is 0 Å². The molecule has 0 aliphatic carbocycles. The second kappa shape index (κ2) is 7.47. The van der Waals surface area contributed by atoms with E-state index in [2.05, 4.69) is 61.0 Å². The van der Waals surface area contributed by atoms with Crippen LogP contribution in [-0.2, 0) is 19.3 Å². The van der Waals surface area contributed by atoms with Crippen molar-refractivity contribution in [3.05, 3.63) is 68.7 Å². The van der Waals surface area contributed by atoms with Gasteiger partial charge in [-0.3, -0.25) is 0 Å². The molecule has 0 N–H and O–H groups in total. The first kappa shape index (κ1) is 16.6. The van der Waals surface area contributed by atoms with Gasteiger partial charge >= 0.3 is 0 Å². The molecule has 2 aromatic carbocycles. The van der Waals surface area contributed by atoms with Gasteiger partial charge < -0.3 is 0 Å². The van der Waals surface area contributed by atoms with E-state index in [9.17, 15) is 0 Å². The van der Waals surface area contributed by atoms with Gasteiger partial charge in [-0.25, -0.2) is 0 Å². The van der Waals surface area contributed by atoms with E-state index in [4.69, 9.17) is 11.6 Å². The van der Waals surface area contributed by atoms with E-state index in [0.29, 0.717) is 0 Å². The highest BCUT2D eigenvalue weighted by atomic mass is 79.9. The van der Waals surface area contributed by atoms with Gasteiger partial charge in [-0.15, -0.1) is 11.6 Å². The normalized spacial score (nSPS) is 12.4. The summed E-state index contributed by atoms with van der Waals surface area (Å²) >= 11 is 10.4. The number of aryl methyl sites for hydroxylation is 3. The maximum Gasteiger partial charge on any atom is 0.0841 e. The Morgan fingerprint density at radius 2 is 1.57 bits per heavy atom. The van der Waals surface area contributed by atoms with Gasteiger partial charge in [-0.05, 0) is 59.2 Å². The predicted molar refractivity (Wildman–Crippen MR) is 96.4 cm³/mol. The van der Waals surface area contributed by atoms with Crippen LogP contribution in [0.5, 0.6) is 0 Å². The molecule has 2 heteroatoms. The lowest BCUT2D eigenvalue weighted by atomic mass is 9.89. The molecule has 0 aliphatic heterocycles. The molecular formula is C19H22BrCl. The van der Waals surface area contributed by atoms with Crippen molar-refractivity contribution < 1.29 is 0 Å². The number of benzene rings is 2. The van der Waals surface area contributed by atoms with Crippen LogP contribution in [0.15, 0.2) is 40.9 Å². The lowest BCUT2D eigenvalue weighted by Crippen LogP contribution is -2.05. The third-order valence-electron chi connectivity index (χ3n) is 3.98. The van der Waals surface area contributed by atoms with Gasteiger partial charge in [-0.2, -0.15) is 0 Å². The fourth-order valence-electron chi connectivity index (χ4n) is 2.80. The Balaban J connectivity index is 2.55. The first-order chi connectivity index (χ1) is 10.1. The Bertz CT molecular complexity index is 594. The van der Waals surface area contributed by atoms with Crippen molar-refractivity contribution in [2.75, 3.05) is 0 Å². The molecule has 0 amide bonds. The molecule has 0 fully saturated rings. The molecule has 0 saturated heterocycles. The molecular weight excluding hydrogens is 344 g/mol.